The first kappa shape index (κ1) is 17.6. The maximum absolute atomic E-state index is 13.0. The van der Waals surface area contributed by atoms with Gasteiger partial charge in [-0.25, -0.2) is 4.39 Å². The molecule has 0 bridgehead atoms. The van der Waals surface area contributed by atoms with E-state index < -0.39 is 6.10 Å². The highest BCUT2D eigenvalue weighted by molar-refractivity contribution is 5.80. The van der Waals surface area contributed by atoms with Crippen molar-refractivity contribution >= 4 is 5.91 Å². The molecule has 134 valence electrons. The number of aryl methyl sites for hydroxylation is 1. The first-order valence-electron chi connectivity index (χ1n) is 8.29. The summed E-state index contributed by atoms with van der Waals surface area (Å²) in [4.78, 5) is 13.9. The van der Waals surface area contributed by atoms with Gasteiger partial charge in [0.25, 0.3) is 0 Å². The molecule has 1 fully saturated rings. The fraction of sp³-hybridized carbons (Fsp3) is 0.444. The smallest absolute Gasteiger partial charge is 0.224 e. The van der Waals surface area contributed by atoms with Crippen molar-refractivity contribution < 1.29 is 14.3 Å². The minimum absolute atomic E-state index is 0.0574. The summed E-state index contributed by atoms with van der Waals surface area (Å²) < 4.78 is 14.8. The number of carbonyl (C=O) groups is 1. The van der Waals surface area contributed by atoms with Crippen LogP contribution in [-0.2, 0) is 11.8 Å². The van der Waals surface area contributed by atoms with Gasteiger partial charge in [0.15, 0.2) is 0 Å². The van der Waals surface area contributed by atoms with Gasteiger partial charge in [-0.1, -0.05) is 12.1 Å². The molecule has 0 radical (unpaired) electrons. The molecule has 0 unspecified atom stereocenters. The zero-order chi connectivity index (χ0) is 18.1. The molecule has 1 aliphatic rings. The summed E-state index contributed by atoms with van der Waals surface area (Å²) in [7, 11) is 3.66. The number of nitrogens with zero attached hydrogens (tertiary/aromatic N) is 3. The Kier molecular flexibility index (Phi) is 4.87. The average Bonchev–Trinajstić information content (AvgIpc) is 3.06. The number of likely N-dealkylation sites (N-methyl/N-ethyl adjacent to an activating group) is 1. The lowest BCUT2D eigenvalue weighted by Gasteiger charge is -2.26. The van der Waals surface area contributed by atoms with Crippen LogP contribution in [0.4, 0.5) is 4.39 Å². The van der Waals surface area contributed by atoms with Gasteiger partial charge in [-0.2, -0.15) is 5.10 Å². The number of likely N-dealkylation sites (tertiary alicyclic amines) is 1. The van der Waals surface area contributed by atoms with Crippen molar-refractivity contribution in [2.75, 3.05) is 13.6 Å². The SMILES string of the molecule is Cc1c([C@H]2[C@H](NC[C@@H](O)c3ccc(F)cc3)CC(=O)N2C)cnn1C. The Hall–Kier alpha value is -2.25. The van der Waals surface area contributed by atoms with Gasteiger partial charge in [0.05, 0.1) is 18.3 Å². The van der Waals surface area contributed by atoms with Crippen molar-refractivity contribution in [3.8, 4) is 0 Å². The largest absolute Gasteiger partial charge is 0.387 e. The molecule has 3 atom stereocenters. The molecule has 1 aliphatic heterocycles. The quantitative estimate of drug-likeness (QED) is 0.860. The van der Waals surface area contributed by atoms with E-state index in [0.29, 0.717) is 12.0 Å². The number of halogens is 1. The molecule has 3 rings (SSSR count). The lowest BCUT2D eigenvalue weighted by molar-refractivity contribution is -0.127. The minimum Gasteiger partial charge on any atom is -0.387 e. The Bertz CT molecular complexity index is 759. The Balaban J connectivity index is 1.72. The van der Waals surface area contributed by atoms with Gasteiger partial charge in [0, 0.05) is 44.4 Å². The fourth-order valence-electron chi connectivity index (χ4n) is 3.35. The Morgan fingerprint density at radius 2 is 2.04 bits per heavy atom. The molecule has 7 heteroatoms. The molecule has 0 aliphatic carbocycles. The van der Waals surface area contributed by atoms with Crippen LogP contribution in [0.2, 0.25) is 0 Å². The highest BCUT2D eigenvalue weighted by Gasteiger charge is 2.39. The molecule has 1 aromatic carbocycles. The molecule has 1 aromatic heterocycles. The maximum atomic E-state index is 13.0. The standard InChI is InChI=1S/C18H23FN4O2/c1-11-14(9-21-23(11)3)18-15(8-17(25)22(18)2)20-10-16(24)12-4-6-13(19)7-5-12/h4-7,9,15-16,18,20,24H,8,10H2,1-3H3/t15-,16-,18+/m1/s1. The lowest BCUT2D eigenvalue weighted by atomic mass is 10.0. The topological polar surface area (TPSA) is 70.4 Å². The van der Waals surface area contributed by atoms with Gasteiger partial charge in [-0.3, -0.25) is 9.48 Å². The number of aromatic nitrogens is 2. The maximum Gasteiger partial charge on any atom is 0.224 e. The van der Waals surface area contributed by atoms with E-state index in [0.717, 1.165) is 11.3 Å². The number of nitrogens with one attached hydrogen (secondary N) is 1. The summed E-state index contributed by atoms with van der Waals surface area (Å²) in [6.45, 7) is 2.26. The van der Waals surface area contributed by atoms with Gasteiger partial charge in [-0.15, -0.1) is 0 Å². The molecule has 6 nitrogen and oxygen atoms in total. The predicted molar refractivity (Wildman–Crippen MR) is 91.2 cm³/mol. The minimum atomic E-state index is -0.766. The molecular formula is C18H23FN4O2. The van der Waals surface area contributed by atoms with Crippen LogP contribution in [0.15, 0.2) is 30.5 Å². The van der Waals surface area contributed by atoms with E-state index in [1.54, 1.807) is 35.0 Å². The second-order valence-electron chi connectivity index (χ2n) is 6.54. The summed E-state index contributed by atoms with van der Waals surface area (Å²) in [6.07, 6.45) is 1.39. The van der Waals surface area contributed by atoms with Crippen molar-refractivity contribution in [2.24, 2.45) is 7.05 Å². The first-order chi connectivity index (χ1) is 11.9. The van der Waals surface area contributed by atoms with E-state index >= 15 is 0 Å². The molecule has 1 saturated heterocycles. The van der Waals surface area contributed by atoms with Crippen LogP contribution in [0.3, 0.4) is 0 Å². The molecule has 1 amide bonds. The van der Waals surface area contributed by atoms with Crippen molar-refractivity contribution in [3.05, 3.63) is 53.1 Å². The van der Waals surface area contributed by atoms with Crippen LogP contribution in [0.1, 0.15) is 35.4 Å². The van der Waals surface area contributed by atoms with E-state index in [9.17, 15) is 14.3 Å². The number of benzene rings is 1. The lowest BCUT2D eigenvalue weighted by Crippen LogP contribution is -2.37. The Labute approximate surface area is 146 Å². The molecule has 2 N–H and O–H groups in total. The molecular weight excluding hydrogens is 323 g/mol. The first-order valence-corrected chi connectivity index (χ1v) is 8.29. The van der Waals surface area contributed by atoms with Crippen molar-refractivity contribution in [2.45, 2.75) is 31.5 Å². The van der Waals surface area contributed by atoms with Gasteiger partial charge in [0.1, 0.15) is 5.82 Å². The molecule has 25 heavy (non-hydrogen) atoms. The number of hydrogen-bond acceptors (Lipinski definition) is 4. The van der Waals surface area contributed by atoms with Crippen LogP contribution in [0.5, 0.6) is 0 Å². The van der Waals surface area contributed by atoms with Gasteiger partial charge < -0.3 is 15.3 Å². The van der Waals surface area contributed by atoms with Crippen LogP contribution < -0.4 is 5.32 Å². The zero-order valence-corrected chi connectivity index (χ0v) is 14.6. The van der Waals surface area contributed by atoms with Gasteiger partial charge in [-0.05, 0) is 24.6 Å². The van der Waals surface area contributed by atoms with Crippen LogP contribution in [-0.4, -0.2) is 45.3 Å². The van der Waals surface area contributed by atoms with E-state index in [1.165, 1.54) is 12.1 Å². The third-order valence-corrected chi connectivity index (χ3v) is 5.01. The van der Waals surface area contributed by atoms with Crippen molar-refractivity contribution in [3.63, 3.8) is 0 Å². The third-order valence-electron chi connectivity index (χ3n) is 5.01. The van der Waals surface area contributed by atoms with E-state index in [1.807, 2.05) is 14.0 Å². The van der Waals surface area contributed by atoms with E-state index in [4.69, 9.17) is 0 Å². The number of rotatable bonds is 5. The normalized spacial score (nSPS) is 21.8. The third kappa shape index (κ3) is 3.43. The zero-order valence-electron chi connectivity index (χ0n) is 14.6. The van der Waals surface area contributed by atoms with Gasteiger partial charge >= 0.3 is 0 Å². The number of amides is 1. The highest BCUT2D eigenvalue weighted by atomic mass is 19.1. The highest BCUT2D eigenvalue weighted by Crippen LogP contribution is 2.33. The number of aliphatic hydroxyl groups is 1. The van der Waals surface area contributed by atoms with Crippen molar-refractivity contribution in [1.82, 2.24) is 20.0 Å². The summed E-state index contributed by atoms with van der Waals surface area (Å²) >= 11 is 0. The van der Waals surface area contributed by atoms with Gasteiger partial charge in [0.2, 0.25) is 5.91 Å². The number of aliphatic hydroxyl groups excluding tert-OH is 1. The summed E-state index contributed by atoms with van der Waals surface area (Å²) in [5.41, 5.74) is 2.66. The summed E-state index contributed by atoms with van der Waals surface area (Å²) in [5, 5.41) is 17.9. The number of carbonyl (C=O) groups excluding carboxylic acids is 1. The van der Waals surface area contributed by atoms with Crippen LogP contribution in [0.25, 0.3) is 0 Å². The second kappa shape index (κ2) is 6.93. The molecule has 2 heterocycles. The summed E-state index contributed by atoms with van der Waals surface area (Å²) in [5.74, 6) is -0.277. The molecule has 0 spiro atoms. The fourth-order valence-corrected chi connectivity index (χ4v) is 3.35. The molecule has 0 saturated carbocycles. The monoisotopic (exact) mass is 346 g/mol. The second-order valence-corrected chi connectivity index (χ2v) is 6.54. The average molecular weight is 346 g/mol. The van der Waals surface area contributed by atoms with E-state index in [-0.39, 0.29) is 30.4 Å². The molecule has 2 aromatic rings. The van der Waals surface area contributed by atoms with Crippen LogP contribution >= 0.6 is 0 Å². The summed E-state index contributed by atoms with van der Waals surface area (Å²) in [6, 6.07) is 5.55. The Morgan fingerprint density at radius 3 is 2.64 bits per heavy atom. The van der Waals surface area contributed by atoms with E-state index in [2.05, 4.69) is 10.4 Å². The van der Waals surface area contributed by atoms with Crippen molar-refractivity contribution in [1.29, 1.82) is 0 Å². The van der Waals surface area contributed by atoms with Crippen LogP contribution in [0, 0.1) is 12.7 Å². The predicted octanol–water partition coefficient (Wildman–Crippen LogP) is 1.46. The Morgan fingerprint density at radius 1 is 1.36 bits per heavy atom. The number of hydrogen-bond donors (Lipinski definition) is 2.